The van der Waals surface area contributed by atoms with E-state index in [4.69, 9.17) is 15.6 Å². The molecule has 0 aromatic heterocycles. The minimum Gasteiger partial charge on any atom is -0.487 e. The number of carbonyl (C=O) groups is 1. The van der Waals surface area contributed by atoms with Crippen LogP contribution in [0.5, 0.6) is 5.75 Å². The van der Waals surface area contributed by atoms with Crippen LogP contribution in [-0.4, -0.2) is 24.2 Å². The van der Waals surface area contributed by atoms with Gasteiger partial charge >= 0.3 is 5.97 Å². The number of nitrogen functional groups attached to an aromatic ring is 1. The van der Waals surface area contributed by atoms with Crippen LogP contribution in [-0.2, 0) is 17.8 Å². The van der Waals surface area contributed by atoms with Crippen molar-refractivity contribution in [3.05, 3.63) is 59.7 Å². The van der Waals surface area contributed by atoms with Gasteiger partial charge in [-0.25, -0.2) is 0 Å². The maximum absolute atomic E-state index is 10.4. The second-order valence-corrected chi connectivity index (χ2v) is 5.64. The molecular weight excluding hydrogens is 304 g/mol. The highest BCUT2D eigenvalue weighted by molar-refractivity contribution is 5.66. The maximum Gasteiger partial charge on any atom is 0.303 e. The second kappa shape index (κ2) is 9.57. The van der Waals surface area contributed by atoms with E-state index in [2.05, 4.69) is 5.32 Å². The molecule has 0 aliphatic carbocycles. The number of hydrogen-bond acceptors (Lipinski definition) is 4. The molecular formula is C19H24N2O3. The Balaban J connectivity index is 1.74. The van der Waals surface area contributed by atoms with Crippen molar-refractivity contribution in [1.82, 2.24) is 5.32 Å². The van der Waals surface area contributed by atoms with Gasteiger partial charge in [0.05, 0.1) is 5.69 Å². The molecule has 0 aliphatic rings. The van der Waals surface area contributed by atoms with E-state index in [1.807, 2.05) is 48.5 Å². The van der Waals surface area contributed by atoms with Gasteiger partial charge in [0.15, 0.2) is 0 Å². The highest BCUT2D eigenvalue weighted by Crippen LogP contribution is 2.23. The van der Waals surface area contributed by atoms with Gasteiger partial charge in [0, 0.05) is 6.42 Å². The molecule has 0 aliphatic heterocycles. The Morgan fingerprint density at radius 1 is 1.08 bits per heavy atom. The third kappa shape index (κ3) is 6.30. The van der Waals surface area contributed by atoms with E-state index in [1.165, 1.54) is 0 Å². The lowest BCUT2D eigenvalue weighted by molar-refractivity contribution is -0.137. The van der Waals surface area contributed by atoms with Gasteiger partial charge in [0.2, 0.25) is 0 Å². The predicted octanol–water partition coefficient (Wildman–Crippen LogP) is 2.84. The van der Waals surface area contributed by atoms with Gasteiger partial charge in [-0.1, -0.05) is 36.4 Å². The number of ether oxygens (including phenoxy) is 1. The van der Waals surface area contributed by atoms with Crippen LogP contribution < -0.4 is 15.8 Å². The molecule has 5 heteroatoms. The van der Waals surface area contributed by atoms with Crippen LogP contribution in [0.2, 0.25) is 0 Å². The predicted molar refractivity (Wildman–Crippen MR) is 95.1 cm³/mol. The lowest BCUT2D eigenvalue weighted by atomic mass is 10.1. The molecule has 0 heterocycles. The first-order chi connectivity index (χ1) is 11.6. The van der Waals surface area contributed by atoms with Crippen LogP contribution in [0, 0.1) is 0 Å². The van der Waals surface area contributed by atoms with Crippen molar-refractivity contribution in [1.29, 1.82) is 0 Å². The third-order valence-corrected chi connectivity index (χ3v) is 3.65. The summed E-state index contributed by atoms with van der Waals surface area (Å²) in [6.07, 6.45) is 1.69. The van der Waals surface area contributed by atoms with Crippen molar-refractivity contribution in [3.63, 3.8) is 0 Å². The zero-order valence-electron chi connectivity index (χ0n) is 13.7. The number of rotatable bonds is 10. The zero-order chi connectivity index (χ0) is 17.2. The molecule has 2 aromatic carbocycles. The molecule has 0 unspecified atom stereocenters. The molecule has 0 fully saturated rings. The molecule has 5 nitrogen and oxygen atoms in total. The summed E-state index contributed by atoms with van der Waals surface area (Å²) < 4.78 is 5.76. The minimum atomic E-state index is -0.754. The highest BCUT2D eigenvalue weighted by atomic mass is 16.5. The van der Waals surface area contributed by atoms with E-state index >= 15 is 0 Å². The lowest BCUT2D eigenvalue weighted by Crippen LogP contribution is -2.19. The largest absolute Gasteiger partial charge is 0.487 e. The molecule has 0 atom stereocenters. The van der Waals surface area contributed by atoms with E-state index in [1.54, 1.807) is 0 Å². The van der Waals surface area contributed by atoms with Crippen molar-refractivity contribution >= 4 is 11.7 Å². The molecule has 4 N–H and O–H groups in total. The van der Waals surface area contributed by atoms with Crippen molar-refractivity contribution < 1.29 is 14.6 Å². The lowest BCUT2D eigenvalue weighted by Gasteiger charge is -2.11. The summed E-state index contributed by atoms with van der Waals surface area (Å²) in [5, 5.41) is 11.8. The summed E-state index contributed by atoms with van der Waals surface area (Å²) in [5.41, 5.74) is 8.93. The smallest absolute Gasteiger partial charge is 0.303 e. The fraction of sp³-hybridized carbons (Fsp3) is 0.316. The standard InChI is InChI=1S/C19H24N2O3/c20-17-13-15(10-12-21-11-4-7-19(22)23)8-9-18(17)24-14-16-5-2-1-3-6-16/h1-3,5-6,8-9,13,21H,4,7,10-12,14,20H2,(H,22,23). The summed E-state index contributed by atoms with van der Waals surface area (Å²) in [6.45, 7) is 2.00. The molecule has 0 saturated heterocycles. The van der Waals surface area contributed by atoms with Crippen LogP contribution in [0.4, 0.5) is 5.69 Å². The summed E-state index contributed by atoms with van der Waals surface area (Å²) in [4.78, 5) is 10.4. The summed E-state index contributed by atoms with van der Waals surface area (Å²) in [6, 6.07) is 15.8. The fourth-order valence-corrected chi connectivity index (χ4v) is 2.34. The van der Waals surface area contributed by atoms with Gasteiger partial charge in [0.1, 0.15) is 12.4 Å². The normalized spacial score (nSPS) is 10.5. The molecule has 0 amide bonds. The van der Waals surface area contributed by atoms with Crippen molar-refractivity contribution in [2.45, 2.75) is 25.9 Å². The van der Waals surface area contributed by atoms with E-state index < -0.39 is 5.97 Å². The van der Waals surface area contributed by atoms with Gasteiger partial charge in [-0.3, -0.25) is 4.79 Å². The van der Waals surface area contributed by atoms with Gasteiger partial charge in [-0.15, -0.1) is 0 Å². The van der Waals surface area contributed by atoms with Gasteiger partial charge in [-0.2, -0.15) is 0 Å². The zero-order valence-corrected chi connectivity index (χ0v) is 13.7. The summed E-state index contributed by atoms with van der Waals surface area (Å²) >= 11 is 0. The fourth-order valence-electron chi connectivity index (χ4n) is 2.34. The Labute approximate surface area is 142 Å². The van der Waals surface area contributed by atoms with Gasteiger partial charge < -0.3 is 20.9 Å². The Kier molecular flexibility index (Phi) is 7.11. The Morgan fingerprint density at radius 2 is 1.88 bits per heavy atom. The SMILES string of the molecule is Nc1cc(CCNCCCC(=O)O)ccc1OCc1ccccc1. The molecule has 24 heavy (non-hydrogen) atoms. The number of aliphatic carboxylic acids is 1. The summed E-state index contributed by atoms with van der Waals surface area (Å²) in [5.74, 6) is -0.0623. The second-order valence-electron chi connectivity index (χ2n) is 5.64. The molecule has 128 valence electrons. The number of benzene rings is 2. The van der Waals surface area contributed by atoms with Crippen molar-refractivity contribution in [3.8, 4) is 5.75 Å². The first-order valence-corrected chi connectivity index (χ1v) is 8.13. The highest BCUT2D eigenvalue weighted by Gasteiger charge is 2.03. The Bertz CT molecular complexity index is 644. The van der Waals surface area contributed by atoms with E-state index in [0.717, 1.165) is 24.1 Å². The van der Waals surface area contributed by atoms with Crippen LogP contribution in [0.1, 0.15) is 24.0 Å². The Morgan fingerprint density at radius 3 is 2.58 bits per heavy atom. The van der Waals surface area contributed by atoms with Crippen LogP contribution in [0.25, 0.3) is 0 Å². The van der Waals surface area contributed by atoms with Gasteiger partial charge in [-0.05, 0) is 49.2 Å². The first kappa shape index (κ1) is 17.8. The number of nitrogens with two attached hydrogens (primary N) is 1. The monoisotopic (exact) mass is 328 g/mol. The number of anilines is 1. The molecule has 2 aromatic rings. The summed E-state index contributed by atoms with van der Waals surface area (Å²) in [7, 11) is 0. The molecule has 2 rings (SSSR count). The Hall–Kier alpha value is -2.53. The molecule has 0 radical (unpaired) electrons. The number of carboxylic acids is 1. The third-order valence-electron chi connectivity index (χ3n) is 3.65. The average molecular weight is 328 g/mol. The van der Waals surface area contributed by atoms with Crippen LogP contribution in [0.3, 0.4) is 0 Å². The van der Waals surface area contributed by atoms with E-state index in [-0.39, 0.29) is 6.42 Å². The molecule has 0 saturated carbocycles. The average Bonchev–Trinajstić information content (AvgIpc) is 2.58. The molecule has 0 spiro atoms. The van der Waals surface area contributed by atoms with Crippen LogP contribution in [0.15, 0.2) is 48.5 Å². The number of hydrogen-bond donors (Lipinski definition) is 3. The minimum absolute atomic E-state index is 0.202. The topological polar surface area (TPSA) is 84.6 Å². The first-order valence-electron chi connectivity index (χ1n) is 8.13. The van der Waals surface area contributed by atoms with E-state index in [0.29, 0.717) is 31.0 Å². The van der Waals surface area contributed by atoms with Crippen molar-refractivity contribution in [2.75, 3.05) is 18.8 Å². The quantitative estimate of drug-likeness (QED) is 0.461. The van der Waals surface area contributed by atoms with Crippen molar-refractivity contribution in [2.24, 2.45) is 0 Å². The number of carboxylic acid groups (broad SMARTS) is 1. The van der Waals surface area contributed by atoms with E-state index in [9.17, 15) is 4.79 Å². The van der Waals surface area contributed by atoms with Gasteiger partial charge in [0.25, 0.3) is 0 Å². The van der Waals surface area contributed by atoms with Crippen LogP contribution >= 0.6 is 0 Å². The maximum atomic E-state index is 10.4. The number of nitrogens with one attached hydrogen (secondary N) is 1. The molecule has 0 bridgehead atoms.